The fourth-order valence-electron chi connectivity index (χ4n) is 1.37. The molecule has 0 heterocycles. The zero-order valence-corrected chi connectivity index (χ0v) is 11.7. The Hall–Kier alpha value is -0.820. The van der Waals surface area contributed by atoms with Gasteiger partial charge in [0.15, 0.2) is 0 Å². The Balaban J connectivity index is 0. The molecule has 2 N–H and O–H groups in total. The number of nitrogens with two attached hydrogens (primary N) is 1. The lowest BCUT2D eigenvalue weighted by atomic mass is 10.0. The maximum Gasteiger partial charge on any atom is 0.0180 e. The van der Waals surface area contributed by atoms with Gasteiger partial charge in [-0.1, -0.05) is 65.3 Å². The van der Waals surface area contributed by atoms with E-state index in [1.165, 1.54) is 30.4 Å². The number of rotatable bonds is 4. The predicted molar refractivity (Wildman–Crippen MR) is 75.6 cm³/mol. The first-order valence-corrected chi connectivity index (χ1v) is 6.65. The van der Waals surface area contributed by atoms with Crippen molar-refractivity contribution < 1.29 is 0 Å². The largest absolute Gasteiger partial charge is 0.326 e. The molecule has 1 aromatic rings. The minimum atomic E-state index is 0.667. The molecule has 16 heavy (non-hydrogen) atoms. The summed E-state index contributed by atoms with van der Waals surface area (Å²) in [6, 6.07) is 8.44. The summed E-state index contributed by atoms with van der Waals surface area (Å²) in [5.41, 5.74) is 8.34. The van der Waals surface area contributed by atoms with Crippen LogP contribution in [0.4, 0.5) is 0 Å². The van der Waals surface area contributed by atoms with Crippen LogP contribution in [0.15, 0.2) is 24.3 Å². The maximum absolute atomic E-state index is 5.62. The summed E-state index contributed by atoms with van der Waals surface area (Å²) in [6.45, 7) is 10.9. The van der Waals surface area contributed by atoms with Gasteiger partial charge in [0.25, 0.3) is 0 Å². The highest BCUT2D eigenvalue weighted by Crippen LogP contribution is 2.10. The molecule has 0 fully saturated rings. The van der Waals surface area contributed by atoms with Crippen LogP contribution in [0.25, 0.3) is 0 Å². The number of aryl methyl sites for hydroxylation is 1. The van der Waals surface area contributed by atoms with Gasteiger partial charge >= 0.3 is 0 Å². The summed E-state index contributed by atoms with van der Waals surface area (Å²) in [5, 5.41) is 0. The molecule has 0 atom stereocenters. The average molecular weight is 223 g/mol. The fourth-order valence-corrected chi connectivity index (χ4v) is 1.37. The quantitative estimate of drug-likeness (QED) is 0.796. The Morgan fingerprint density at radius 2 is 1.44 bits per heavy atom. The van der Waals surface area contributed by atoms with Crippen LogP contribution in [0.1, 0.15) is 58.6 Å². The van der Waals surface area contributed by atoms with Crippen molar-refractivity contribution in [2.75, 3.05) is 0 Å². The lowest BCUT2D eigenvalue weighted by molar-refractivity contribution is 0.786. The molecule has 0 radical (unpaired) electrons. The Morgan fingerprint density at radius 3 is 1.88 bits per heavy atom. The number of benzene rings is 1. The van der Waals surface area contributed by atoms with Gasteiger partial charge in [-0.25, -0.2) is 0 Å². The lowest BCUT2D eigenvalue weighted by Crippen LogP contribution is -2.00. The van der Waals surface area contributed by atoms with E-state index in [1.807, 2.05) is 27.7 Å². The Bertz CT molecular complexity index is 231. The molecule has 0 unspecified atom stereocenters. The van der Waals surface area contributed by atoms with E-state index in [0.29, 0.717) is 6.54 Å². The van der Waals surface area contributed by atoms with Crippen LogP contribution in [0.2, 0.25) is 0 Å². The van der Waals surface area contributed by atoms with Crippen molar-refractivity contribution in [3.8, 4) is 0 Å². The topological polar surface area (TPSA) is 26.0 Å². The van der Waals surface area contributed by atoms with E-state index >= 15 is 0 Å². The SMILES string of the molecule is CC.CC.CCCCc1ccccc1CN. The van der Waals surface area contributed by atoms with Crippen molar-refractivity contribution in [1.29, 1.82) is 0 Å². The molecule has 94 valence electrons. The number of hydrogen-bond acceptors (Lipinski definition) is 1. The second-order valence-corrected chi connectivity index (χ2v) is 3.08. The number of hydrogen-bond donors (Lipinski definition) is 1. The smallest absolute Gasteiger partial charge is 0.0180 e. The van der Waals surface area contributed by atoms with Crippen LogP contribution in [0.5, 0.6) is 0 Å². The van der Waals surface area contributed by atoms with Crippen molar-refractivity contribution in [3.63, 3.8) is 0 Å². The molecule has 0 bridgehead atoms. The van der Waals surface area contributed by atoms with E-state index in [2.05, 4.69) is 31.2 Å². The minimum absolute atomic E-state index is 0.667. The first-order valence-electron chi connectivity index (χ1n) is 6.65. The van der Waals surface area contributed by atoms with E-state index in [1.54, 1.807) is 0 Å². The molecule has 1 heteroatoms. The summed E-state index contributed by atoms with van der Waals surface area (Å²) in [7, 11) is 0. The van der Waals surface area contributed by atoms with Gasteiger partial charge in [-0.2, -0.15) is 0 Å². The molecule has 1 aromatic carbocycles. The first-order chi connectivity index (χ1) is 7.88. The van der Waals surface area contributed by atoms with Crippen molar-refractivity contribution in [2.24, 2.45) is 5.73 Å². The van der Waals surface area contributed by atoms with Crippen LogP contribution < -0.4 is 5.73 Å². The molecule has 0 aliphatic carbocycles. The molecule has 0 amide bonds. The molecular formula is C15H29N. The highest BCUT2D eigenvalue weighted by Gasteiger charge is 1.97. The summed E-state index contributed by atoms with van der Waals surface area (Å²) in [5.74, 6) is 0. The first kappa shape index (κ1) is 17.6. The Labute approximate surface area is 102 Å². The van der Waals surface area contributed by atoms with Gasteiger partial charge in [0.1, 0.15) is 0 Å². The lowest BCUT2D eigenvalue weighted by Gasteiger charge is -2.05. The fraction of sp³-hybridized carbons (Fsp3) is 0.600. The standard InChI is InChI=1S/C11H17N.2C2H6/c1-2-3-6-10-7-4-5-8-11(10)9-12;2*1-2/h4-5,7-8H,2-3,6,9,12H2,1H3;2*1-2H3. The van der Waals surface area contributed by atoms with E-state index in [-0.39, 0.29) is 0 Å². The number of unbranched alkanes of at least 4 members (excludes halogenated alkanes) is 1. The summed E-state index contributed by atoms with van der Waals surface area (Å²) >= 11 is 0. The van der Waals surface area contributed by atoms with Crippen LogP contribution in [-0.4, -0.2) is 0 Å². The average Bonchev–Trinajstić information content (AvgIpc) is 2.41. The molecule has 1 nitrogen and oxygen atoms in total. The van der Waals surface area contributed by atoms with Gasteiger partial charge in [0.05, 0.1) is 0 Å². The van der Waals surface area contributed by atoms with Crippen LogP contribution in [-0.2, 0) is 13.0 Å². The zero-order chi connectivity index (χ0) is 12.8. The van der Waals surface area contributed by atoms with Gasteiger partial charge in [-0.3, -0.25) is 0 Å². The highest BCUT2D eigenvalue weighted by molar-refractivity contribution is 5.26. The van der Waals surface area contributed by atoms with Gasteiger partial charge in [0, 0.05) is 6.54 Å². The zero-order valence-electron chi connectivity index (χ0n) is 11.7. The maximum atomic E-state index is 5.62. The summed E-state index contributed by atoms with van der Waals surface area (Å²) < 4.78 is 0. The third-order valence-corrected chi connectivity index (χ3v) is 2.14. The summed E-state index contributed by atoms with van der Waals surface area (Å²) in [4.78, 5) is 0. The normalized spacial score (nSPS) is 8.38. The van der Waals surface area contributed by atoms with E-state index in [0.717, 1.165) is 0 Å². The van der Waals surface area contributed by atoms with Crippen molar-refractivity contribution >= 4 is 0 Å². The van der Waals surface area contributed by atoms with Crippen molar-refractivity contribution in [1.82, 2.24) is 0 Å². The predicted octanol–water partition coefficient (Wildman–Crippen LogP) is 4.54. The molecule has 0 aliphatic heterocycles. The highest BCUT2D eigenvalue weighted by atomic mass is 14.5. The Kier molecular flexibility index (Phi) is 15.6. The molecule has 0 aliphatic rings. The van der Waals surface area contributed by atoms with Crippen LogP contribution in [0, 0.1) is 0 Å². The minimum Gasteiger partial charge on any atom is -0.326 e. The molecule has 0 aromatic heterocycles. The molecule has 0 spiro atoms. The van der Waals surface area contributed by atoms with E-state index in [9.17, 15) is 0 Å². The van der Waals surface area contributed by atoms with E-state index < -0.39 is 0 Å². The molecule has 0 saturated carbocycles. The van der Waals surface area contributed by atoms with Gasteiger partial charge in [-0.05, 0) is 24.0 Å². The van der Waals surface area contributed by atoms with Gasteiger partial charge in [0.2, 0.25) is 0 Å². The van der Waals surface area contributed by atoms with Crippen LogP contribution in [0.3, 0.4) is 0 Å². The van der Waals surface area contributed by atoms with Gasteiger partial charge in [-0.15, -0.1) is 0 Å². The summed E-state index contributed by atoms with van der Waals surface area (Å²) in [6.07, 6.45) is 3.68. The molecule has 1 rings (SSSR count). The van der Waals surface area contributed by atoms with Crippen molar-refractivity contribution in [2.45, 2.75) is 60.4 Å². The third-order valence-electron chi connectivity index (χ3n) is 2.14. The molecular weight excluding hydrogens is 194 g/mol. The second-order valence-electron chi connectivity index (χ2n) is 3.08. The second kappa shape index (κ2) is 14.2. The van der Waals surface area contributed by atoms with Gasteiger partial charge < -0.3 is 5.73 Å². The monoisotopic (exact) mass is 223 g/mol. The van der Waals surface area contributed by atoms with Crippen LogP contribution >= 0.6 is 0 Å². The molecule has 0 saturated heterocycles. The third kappa shape index (κ3) is 7.47. The van der Waals surface area contributed by atoms with Crippen molar-refractivity contribution in [3.05, 3.63) is 35.4 Å². The van der Waals surface area contributed by atoms with E-state index in [4.69, 9.17) is 5.73 Å². The Morgan fingerprint density at radius 1 is 0.938 bits per heavy atom.